The summed E-state index contributed by atoms with van der Waals surface area (Å²) in [6, 6.07) is 12.7. The van der Waals surface area contributed by atoms with E-state index in [0.717, 1.165) is 5.56 Å². The predicted molar refractivity (Wildman–Crippen MR) is 82.9 cm³/mol. The lowest BCUT2D eigenvalue weighted by molar-refractivity contribution is -0.384. The Morgan fingerprint density at radius 2 is 1.90 bits per heavy atom. The number of fused-ring (bicyclic) bond motifs is 1. The molecule has 0 amide bonds. The topological polar surface area (TPSA) is 71.8 Å². The van der Waals surface area contributed by atoms with Gasteiger partial charge < -0.3 is 4.98 Å². The summed E-state index contributed by atoms with van der Waals surface area (Å²) in [5.74, 6) is 0.672. The second-order valence-electron chi connectivity index (χ2n) is 4.82. The van der Waals surface area contributed by atoms with Crippen molar-refractivity contribution in [2.24, 2.45) is 0 Å². The highest BCUT2D eigenvalue weighted by Crippen LogP contribution is 2.19. The molecule has 5 nitrogen and oxygen atoms in total. The molecule has 0 unspecified atom stereocenters. The van der Waals surface area contributed by atoms with Gasteiger partial charge in [0.1, 0.15) is 5.82 Å². The van der Waals surface area contributed by atoms with Gasteiger partial charge in [-0.15, -0.1) is 0 Å². The van der Waals surface area contributed by atoms with Crippen molar-refractivity contribution >= 4 is 28.9 Å². The number of benzene rings is 2. The summed E-state index contributed by atoms with van der Waals surface area (Å²) in [4.78, 5) is 17.8. The van der Waals surface area contributed by atoms with Crippen LogP contribution < -0.4 is 0 Å². The van der Waals surface area contributed by atoms with E-state index in [1.807, 2.05) is 43.3 Å². The predicted octanol–water partition coefficient (Wildman–Crippen LogP) is 3.95. The molecule has 1 aromatic heterocycles. The zero-order valence-electron chi connectivity index (χ0n) is 11.4. The van der Waals surface area contributed by atoms with Gasteiger partial charge in [-0.1, -0.05) is 35.9 Å². The Balaban J connectivity index is 1.90. The first-order valence-corrected chi connectivity index (χ1v) is 6.51. The number of aryl methyl sites for hydroxylation is 1. The van der Waals surface area contributed by atoms with Crippen molar-refractivity contribution in [3.63, 3.8) is 0 Å². The zero-order chi connectivity index (χ0) is 14.8. The maximum Gasteiger partial charge on any atom is 0.271 e. The number of nitrogens with zero attached hydrogens (tertiary/aromatic N) is 2. The van der Waals surface area contributed by atoms with Crippen molar-refractivity contribution in [1.29, 1.82) is 0 Å². The summed E-state index contributed by atoms with van der Waals surface area (Å²) >= 11 is 0. The number of nitro groups is 1. The van der Waals surface area contributed by atoms with Gasteiger partial charge in [0, 0.05) is 12.1 Å². The van der Waals surface area contributed by atoms with Crippen LogP contribution in [0, 0.1) is 17.0 Å². The van der Waals surface area contributed by atoms with Crippen molar-refractivity contribution in [1.82, 2.24) is 9.97 Å². The quantitative estimate of drug-likeness (QED) is 0.582. The molecule has 0 bridgehead atoms. The first-order valence-electron chi connectivity index (χ1n) is 6.51. The van der Waals surface area contributed by atoms with Gasteiger partial charge in [-0.3, -0.25) is 10.1 Å². The van der Waals surface area contributed by atoms with Gasteiger partial charge in [-0.25, -0.2) is 4.98 Å². The normalized spacial score (nSPS) is 11.3. The van der Waals surface area contributed by atoms with Crippen LogP contribution in [-0.4, -0.2) is 14.9 Å². The molecule has 2 aromatic carbocycles. The average molecular weight is 279 g/mol. The van der Waals surface area contributed by atoms with Gasteiger partial charge in [-0.05, 0) is 24.6 Å². The number of nitro benzene ring substituents is 1. The van der Waals surface area contributed by atoms with Gasteiger partial charge in [0.15, 0.2) is 0 Å². The average Bonchev–Trinajstić information content (AvgIpc) is 2.88. The van der Waals surface area contributed by atoms with Crippen LogP contribution >= 0.6 is 0 Å². The molecule has 0 saturated heterocycles. The molecule has 0 spiro atoms. The summed E-state index contributed by atoms with van der Waals surface area (Å²) in [5, 5.41) is 10.7. The van der Waals surface area contributed by atoms with E-state index in [-0.39, 0.29) is 5.69 Å². The lowest BCUT2D eigenvalue weighted by atomic mass is 10.1. The maximum absolute atomic E-state index is 10.7. The number of aromatic nitrogens is 2. The van der Waals surface area contributed by atoms with Crippen LogP contribution in [0.5, 0.6) is 0 Å². The highest BCUT2D eigenvalue weighted by molar-refractivity contribution is 5.80. The zero-order valence-corrected chi connectivity index (χ0v) is 11.4. The second-order valence-corrected chi connectivity index (χ2v) is 4.82. The van der Waals surface area contributed by atoms with Crippen molar-refractivity contribution < 1.29 is 4.92 Å². The highest BCUT2D eigenvalue weighted by Gasteiger charge is 2.08. The van der Waals surface area contributed by atoms with Crippen LogP contribution in [0.2, 0.25) is 0 Å². The minimum absolute atomic E-state index is 0.0558. The summed E-state index contributed by atoms with van der Waals surface area (Å²) in [6.45, 7) is 2.04. The van der Waals surface area contributed by atoms with Crippen LogP contribution in [0.3, 0.4) is 0 Å². The summed E-state index contributed by atoms with van der Waals surface area (Å²) in [6.07, 6.45) is 3.81. The third kappa shape index (κ3) is 2.81. The maximum atomic E-state index is 10.7. The Morgan fingerprint density at radius 1 is 1.14 bits per heavy atom. The molecular weight excluding hydrogens is 266 g/mol. The number of nitrogens with one attached hydrogen (secondary N) is 1. The van der Waals surface area contributed by atoms with Crippen molar-refractivity contribution in [2.75, 3.05) is 0 Å². The molecule has 104 valence electrons. The summed E-state index contributed by atoms with van der Waals surface area (Å²) in [5.41, 5.74) is 3.72. The van der Waals surface area contributed by atoms with Crippen molar-refractivity contribution in [3.8, 4) is 0 Å². The van der Waals surface area contributed by atoms with Crippen molar-refractivity contribution in [3.05, 3.63) is 69.5 Å². The molecule has 0 aliphatic rings. The van der Waals surface area contributed by atoms with Crippen LogP contribution in [0.15, 0.2) is 42.5 Å². The van der Waals surface area contributed by atoms with E-state index in [2.05, 4.69) is 9.97 Å². The minimum Gasteiger partial charge on any atom is -0.338 e. The van der Waals surface area contributed by atoms with E-state index >= 15 is 0 Å². The van der Waals surface area contributed by atoms with E-state index in [9.17, 15) is 10.1 Å². The molecule has 0 aliphatic heterocycles. The van der Waals surface area contributed by atoms with Crippen LogP contribution in [-0.2, 0) is 0 Å². The molecule has 5 heteroatoms. The monoisotopic (exact) mass is 279 g/mol. The smallest absolute Gasteiger partial charge is 0.271 e. The number of rotatable bonds is 3. The largest absolute Gasteiger partial charge is 0.338 e. The standard InChI is InChI=1S/C16H13N3O2/c1-11-2-4-12(5-3-11)6-9-16-17-14-8-7-13(19(20)21)10-15(14)18-16/h2-10H,1H3,(H,17,18)/b9-6+. The molecule has 21 heavy (non-hydrogen) atoms. The van der Waals surface area contributed by atoms with E-state index < -0.39 is 4.92 Å². The molecule has 0 aliphatic carbocycles. The number of hydrogen-bond donors (Lipinski definition) is 1. The SMILES string of the molecule is Cc1ccc(/C=C/c2nc3ccc([N+](=O)[O-])cc3[nH]2)cc1. The Bertz CT molecular complexity index is 832. The van der Waals surface area contributed by atoms with Crippen LogP contribution in [0.25, 0.3) is 23.2 Å². The number of H-pyrrole nitrogens is 1. The summed E-state index contributed by atoms with van der Waals surface area (Å²) in [7, 11) is 0. The van der Waals surface area contributed by atoms with E-state index in [4.69, 9.17) is 0 Å². The van der Waals surface area contributed by atoms with Gasteiger partial charge in [0.2, 0.25) is 0 Å². The first kappa shape index (κ1) is 13.1. The van der Waals surface area contributed by atoms with E-state index in [1.165, 1.54) is 17.7 Å². The molecule has 0 saturated carbocycles. The molecule has 0 atom stereocenters. The molecule has 1 N–H and O–H groups in total. The van der Waals surface area contributed by atoms with Crippen LogP contribution in [0.1, 0.15) is 17.0 Å². The van der Waals surface area contributed by atoms with Gasteiger partial charge >= 0.3 is 0 Å². The highest BCUT2D eigenvalue weighted by atomic mass is 16.6. The van der Waals surface area contributed by atoms with Crippen LogP contribution in [0.4, 0.5) is 5.69 Å². The van der Waals surface area contributed by atoms with E-state index in [0.29, 0.717) is 16.9 Å². The van der Waals surface area contributed by atoms with Crippen molar-refractivity contribution in [2.45, 2.75) is 6.92 Å². The van der Waals surface area contributed by atoms with Gasteiger partial charge in [0.25, 0.3) is 5.69 Å². The fraction of sp³-hybridized carbons (Fsp3) is 0.0625. The van der Waals surface area contributed by atoms with E-state index in [1.54, 1.807) is 6.07 Å². The number of imidazole rings is 1. The molecule has 3 aromatic rings. The Morgan fingerprint density at radius 3 is 2.62 bits per heavy atom. The Labute approximate surface area is 121 Å². The number of hydrogen-bond acceptors (Lipinski definition) is 3. The van der Waals surface area contributed by atoms with Gasteiger partial charge in [0.05, 0.1) is 16.0 Å². The Kier molecular flexibility index (Phi) is 3.23. The second kappa shape index (κ2) is 5.20. The minimum atomic E-state index is -0.415. The lowest BCUT2D eigenvalue weighted by Gasteiger charge is -1.93. The fourth-order valence-electron chi connectivity index (χ4n) is 2.06. The molecule has 3 rings (SSSR count). The molecule has 1 heterocycles. The lowest BCUT2D eigenvalue weighted by Crippen LogP contribution is -1.86. The Hall–Kier alpha value is -2.95. The number of non-ortho nitro benzene ring substituents is 1. The van der Waals surface area contributed by atoms with Gasteiger partial charge in [-0.2, -0.15) is 0 Å². The fourth-order valence-corrected chi connectivity index (χ4v) is 2.06. The molecule has 0 radical (unpaired) electrons. The molecular formula is C16H13N3O2. The third-order valence-corrected chi connectivity index (χ3v) is 3.21. The third-order valence-electron chi connectivity index (χ3n) is 3.21. The number of aromatic amines is 1. The first-order chi connectivity index (χ1) is 10.1. The molecule has 0 fully saturated rings. The summed E-state index contributed by atoms with van der Waals surface area (Å²) < 4.78 is 0.